The minimum atomic E-state index is -0.307. The van der Waals surface area contributed by atoms with Crippen molar-refractivity contribution < 1.29 is 9.52 Å². The highest BCUT2D eigenvalue weighted by molar-refractivity contribution is 5.81. The Morgan fingerprint density at radius 3 is 2.81 bits per heavy atom. The molecule has 4 nitrogen and oxygen atoms in total. The van der Waals surface area contributed by atoms with Crippen LogP contribution in [0.3, 0.4) is 0 Å². The fourth-order valence-corrected chi connectivity index (χ4v) is 3.03. The summed E-state index contributed by atoms with van der Waals surface area (Å²) in [6, 6.07) is 5.60. The number of rotatable bonds is 2. The van der Waals surface area contributed by atoms with Crippen molar-refractivity contribution in [3.8, 4) is 0 Å². The molecular formula is C17H21NO3. The van der Waals surface area contributed by atoms with Gasteiger partial charge in [0, 0.05) is 24.5 Å². The highest BCUT2D eigenvalue weighted by Gasteiger charge is 2.19. The standard InChI is InChI=1S/C17H21NO3/c1-11-6-15-13(9-18-5-3-4-14(19)10-18)8-17(20)21-16(15)7-12(11)2/h6-8,14,19H,3-5,9-10H2,1-2H3/t14-/m0/s1. The van der Waals surface area contributed by atoms with Crippen molar-refractivity contribution >= 4 is 11.0 Å². The van der Waals surface area contributed by atoms with E-state index < -0.39 is 0 Å². The largest absolute Gasteiger partial charge is 0.423 e. The number of aliphatic hydroxyl groups is 1. The number of fused-ring (bicyclic) bond motifs is 1. The number of benzene rings is 1. The molecule has 112 valence electrons. The van der Waals surface area contributed by atoms with Gasteiger partial charge in [-0.3, -0.25) is 4.90 Å². The van der Waals surface area contributed by atoms with Crippen molar-refractivity contribution in [2.45, 2.75) is 39.3 Å². The van der Waals surface area contributed by atoms with Crippen molar-refractivity contribution in [3.05, 3.63) is 45.3 Å². The zero-order chi connectivity index (χ0) is 15.0. The smallest absolute Gasteiger partial charge is 0.336 e. The molecule has 2 aromatic rings. The van der Waals surface area contributed by atoms with E-state index in [-0.39, 0.29) is 11.7 Å². The van der Waals surface area contributed by atoms with Crippen molar-refractivity contribution in [2.24, 2.45) is 0 Å². The van der Waals surface area contributed by atoms with Crippen LogP contribution in [0.1, 0.15) is 29.5 Å². The summed E-state index contributed by atoms with van der Waals surface area (Å²) in [5.41, 5.74) is 3.64. The summed E-state index contributed by atoms with van der Waals surface area (Å²) in [5, 5.41) is 10.8. The second-order valence-electron chi connectivity index (χ2n) is 6.05. The Bertz CT molecular complexity index is 720. The van der Waals surface area contributed by atoms with Crippen LogP contribution in [-0.4, -0.2) is 29.2 Å². The van der Waals surface area contributed by atoms with E-state index in [9.17, 15) is 9.90 Å². The Morgan fingerprint density at radius 2 is 2.05 bits per heavy atom. The first-order valence-corrected chi connectivity index (χ1v) is 7.47. The Hall–Kier alpha value is -1.65. The van der Waals surface area contributed by atoms with Gasteiger partial charge in [0.05, 0.1) is 6.10 Å². The Balaban J connectivity index is 2.00. The number of piperidine rings is 1. The summed E-state index contributed by atoms with van der Waals surface area (Å²) in [4.78, 5) is 14.0. The number of hydrogen-bond acceptors (Lipinski definition) is 4. The zero-order valence-corrected chi connectivity index (χ0v) is 12.6. The van der Waals surface area contributed by atoms with Gasteiger partial charge in [-0.2, -0.15) is 0 Å². The molecular weight excluding hydrogens is 266 g/mol. The Labute approximate surface area is 124 Å². The van der Waals surface area contributed by atoms with Crippen molar-refractivity contribution in [1.82, 2.24) is 4.90 Å². The lowest BCUT2D eigenvalue weighted by Gasteiger charge is -2.30. The van der Waals surface area contributed by atoms with E-state index in [1.807, 2.05) is 13.0 Å². The molecule has 1 aliphatic heterocycles. The maximum absolute atomic E-state index is 11.8. The van der Waals surface area contributed by atoms with Gasteiger partial charge in [-0.05, 0) is 62.1 Å². The molecule has 4 heteroatoms. The number of β-amino-alcohol motifs (C(OH)–C–C–N with tert-alkyl or cyclic N) is 1. The third-order valence-corrected chi connectivity index (χ3v) is 4.32. The summed E-state index contributed by atoms with van der Waals surface area (Å²) in [6.45, 7) is 6.40. The van der Waals surface area contributed by atoms with Crippen LogP contribution < -0.4 is 5.63 Å². The van der Waals surface area contributed by atoms with E-state index in [0.717, 1.165) is 35.9 Å². The minimum absolute atomic E-state index is 0.255. The fraction of sp³-hybridized carbons (Fsp3) is 0.471. The quantitative estimate of drug-likeness (QED) is 0.862. The van der Waals surface area contributed by atoms with Gasteiger partial charge >= 0.3 is 5.63 Å². The second-order valence-corrected chi connectivity index (χ2v) is 6.05. The van der Waals surface area contributed by atoms with Crippen LogP contribution in [0.15, 0.2) is 27.4 Å². The molecule has 1 fully saturated rings. The molecule has 1 aromatic heterocycles. The normalized spacial score (nSPS) is 20.0. The highest BCUT2D eigenvalue weighted by atomic mass is 16.4. The van der Waals surface area contributed by atoms with E-state index in [0.29, 0.717) is 18.7 Å². The zero-order valence-electron chi connectivity index (χ0n) is 12.6. The van der Waals surface area contributed by atoms with Gasteiger partial charge in [0.1, 0.15) is 5.58 Å². The third-order valence-electron chi connectivity index (χ3n) is 4.32. The lowest BCUT2D eigenvalue weighted by molar-refractivity contribution is 0.0670. The molecule has 2 heterocycles. The Kier molecular flexibility index (Phi) is 3.83. The number of likely N-dealkylation sites (tertiary alicyclic amines) is 1. The molecule has 0 bridgehead atoms. The molecule has 0 amide bonds. The van der Waals surface area contributed by atoms with E-state index in [2.05, 4.69) is 17.9 Å². The SMILES string of the molecule is Cc1cc2oc(=O)cc(CN3CCC[C@H](O)C3)c2cc1C. The first-order chi connectivity index (χ1) is 10.0. The molecule has 1 aliphatic rings. The first kappa shape index (κ1) is 14.3. The number of hydrogen-bond donors (Lipinski definition) is 1. The van der Waals surface area contributed by atoms with Gasteiger partial charge in [0.25, 0.3) is 0 Å². The average Bonchev–Trinajstić information content (AvgIpc) is 2.41. The van der Waals surface area contributed by atoms with Gasteiger partial charge in [-0.25, -0.2) is 4.79 Å². The molecule has 1 N–H and O–H groups in total. The molecule has 0 aliphatic carbocycles. The van der Waals surface area contributed by atoms with Crippen molar-refractivity contribution in [1.29, 1.82) is 0 Å². The Morgan fingerprint density at radius 1 is 1.29 bits per heavy atom. The topological polar surface area (TPSA) is 53.7 Å². The van der Waals surface area contributed by atoms with Crippen molar-refractivity contribution in [3.63, 3.8) is 0 Å². The van der Waals surface area contributed by atoms with Gasteiger partial charge in [0.2, 0.25) is 0 Å². The molecule has 1 saturated heterocycles. The monoisotopic (exact) mass is 287 g/mol. The summed E-state index contributed by atoms with van der Waals surface area (Å²) in [6.07, 6.45) is 1.61. The van der Waals surface area contributed by atoms with Crippen LogP contribution in [-0.2, 0) is 6.54 Å². The predicted octanol–water partition coefficient (Wildman–Crippen LogP) is 2.37. The number of nitrogens with zero attached hydrogens (tertiary/aromatic N) is 1. The summed E-state index contributed by atoms with van der Waals surface area (Å²) >= 11 is 0. The molecule has 21 heavy (non-hydrogen) atoms. The molecule has 0 spiro atoms. The molecule has 0 radical (unpaired) electrons. The van der Waals surface area contributed by atoms with Crippen LogP contribution >= 0.6 is 0 Å². The average molecular weight is 287 g/mol. The molecule has 1 aromatic carbocycles. The molecule has 3 rings (SSSR count). The van der Waals surface area contributed by atoms with E-state index in [4.69, 9.17) is 4.42 Å². The van der Waals surface area contributed by atoms with E-state index in [1.54, 1.807) is 6.07 Å². The minimum Gasteiger partial charge on any atom is -0.423 e. The van der Waals surface area contributed by atoms with Gasteiger partial charge < -0.3 is 9.52 Å². The van der Waals surface area contributed by atoms with Crippen LogP contribution in [0.4, 0.5) is 0 Å². The van der Waals surface area contributed by atoms with E-state index >= 15 is 0 Å². The molecule has 0 unspecified atom stereocenters. The summed E-state index contributed by atoms with van der Waals surface area (Å²) in [7, 11) is 0. The lowest BCUT2D eigenvalue weighted by Crippen LogP contribution is -2.37. The van der Waals surface area contributed by atoms with Crippen LogP contribution in [0.25, 0.3) is 11.0 Å². The van der Waals surface area contributed by atoms with Crippen LogP contribution in [0.5, 0.6) is 0 Å². The van der Waals surface area contributed by atoms with E-state index in [1.165, 1.54) is 5.56 Å². The predicted molar refractivity (Wildman–Crippen MR) is 82.5 cm³/mol. The summed E-state index contributed by atoms with van der Waals surface area (Å²) in [5.74, 6) is 0. The third kappa shape index (κ3) is 3.01. The van der Waals surface area contributed by atoms with Crippen LogP contribution in [0, 0.1) is 13.8 Å². The number of aliphatic hydroxyl groups excluding tert-OH is 1. The summed E-state index contributed by atoms with van der Waals surface area (Å²) < 4.78 is 5.32. The van der Waals surface area contributed by atoms with Gasteiger partial charge in [-0.15, -0.1) is 0 Å². The first-order valence-electron chi connectivity index (χ1n) is 7.47. The van der Waals surface area contributed by atoms with Gasteiger partial charge in [0.15, 0.2) is 0 Å². The maximum atomic E-state index is 11.8. The maximum Gasteiger partial charge on any atom is 0.336 e. The second kappa shape index (κ2) is 5.62. The molecule has 1 atom stereocenters. The van der Waals surface area contributed by atoms with Crippen molar-refractivity contribution in [2.75, 3.05) is 13.1 Å². The highest BCUT2D eigenvalue weighted by Crippen LogP contribution is 2.23. The number of aryl methyl sites for hydroxylation is 2. The molecule has 0 saturated carbocycles. The fourth-order valence-electron chi connectivity index (χ4n) is 3.03. The van der Waals surface area contributed by atoms with Crippen LogP contribution in [0.2, 0.25) is 0 Å². The lowest BCUT2D eigenvalue weighted by atomic mass is 10.0. The van der Waals surface area contributed by atoms with Gasteiger partial charge in [-0.1, -0.05) is 0 Å².